The predicted octanol–water partition coefficient (Wildman–Crippen LogP) is -1.72. The summed E-state index contributed by atoms with van der Waals surface area (Å²) in [4.78, 5) is 76.8. The van der Waals surface area contributed by atoms with Gasteiger partial charge in [-0.2, -0.15) is 8.42 Å². The largest absolute Gasteiger partial charge is 0.479 e. The van der Waals surface area contributed by atoms with Crippen molar-refractivity contribution in [2.45, 2.75) is 95.9 Å². The number of hydrogen-bond acceptors (Lipinski definition) is 15. The average molecular weight is 814 g/mol. The maximum atomic E-state index is 13.3. The van der Waals surface area contributed by atoms with Crippen LogP contribution in [0.4, 0.5) is 0 Å². The highest BCUT2D eigenvalue weighted by molar-refractivity contribution is 7.85. The molecular weight excluding hydrogens is 766 g/mol. The smallest absolute Gasteiger partial charge is 0.335 e. The number of aliphatic hydroxyl groups is 3. The van der Waals surface area contributed by atoms with Crippen molar-refractivity contribution >= 4 is 45.7 Å². The summed E-state index contributed by atoms with van der Waals surface area (Å²) in [6.07, 6.45) is -5.93. The van der Waals surface area contributed by atoms with Crippen molar-refractivity contribution in [1.29, 1.82) is 0 Å². The second kappa shape index (κ2) is 18.6. The molecule has 0 spiro atoms. The maximum absolute atomic E-state index is 13.3. The summed E-state index contributed by atoms with van der Waals surface area (Å²) in [7, 11) is -4.31. The lowest BCUT2D eigenvalue weighted by Gasteiger charge is -2.38. The van der Waals surface area contributed by atoms with Gasteiger partial charge in [-0.15, -0.1) is 0 Å². The number of aliphatic carboxylic acids is 1. The van der Waals surface area contributed by atoms with Gasteiger partial charge < -0.3 is 49.6 Å². The summed E-state index contributed by atoms with van der Waals surface area (Å²) in [5, 5.41) is 43.0. The van der Waals surface area contributed by atoms with Crippen LogP contribution in [0.25, 0.3) is 0 Å². The number of esters is 1. The number of aliphatic hydroxyl groups excluding tert-OH is 3. The van der Waals surface area contributed by atoms with Gasteiger partial charge in [-0.3, -0.25) is 33.4 Å². The topological polar surface area (TPSA) is 293 Å². The molecular formula is C35H47N3O17S. The molecule has 21 heteroatoms. The number of benzene rings is 1. The minimum absolute atomic E-state index is 0.0486. The van der Waals surface area contributed by atoms with E-state index in [0.29, 0.717) is 30.4 Å². The number of carboxylic acids is 1. The van der Waals surface area contributed by atoms with Gasteiger partial charge in [-0.1, -0.05) is 12.1 Å². The normalized spacial score (nSPS) is 25.5. The zero-order valence-corrected chi connectivity index (χ0v) is 31.8. The number of rotatable bonds is 18. The van der Waals surface area contributed by atoms with Crippen LogP contribution < -0.4 is 10.1 Å². The molecule has 0 aliphatic carbocycles. The van der Waals surface area contributed by atoms with Crippen molar-refractivity contribution in [3.05, 3.63) is 41.5 Å². The number of nitrogens with zero attached hydrogens (tertiary/aromatic N) is 2. The van der Waals surface area contributed by atoms with Crippen LogP contribution in [0.3, 0.4) is 0 Å². The molecule has 0 aromatic heterocycles. The Balaban J connectivity index is 1.36. The van der Waals surface area contributed by atoms with Crippen molar-refractivity contribution in [3.63, 3.8) is 0 Å². The van der Waals surface area contributed by atoms with Crippen LogP contribution in [-0.2, 0) is 66.1 Å². The number of likely N-dealkylation sites (tertiary alicyclic amines) is 1. The molecule has 2 saturated heterocycles. The molecule has 2 fully saturated rings. The van der Waals surface area contributed by atoms with E-state index in [4.69, 9.17) is 23.5 Å². The Morgan fingerprint density at radius 1 is 1.00 bits per heavy atom. The zero-order valence-electron chi connectivity index (χ0n) is 30.9. The highest BCUT2D eigenvalue weighted by atomic mass is 32.2. The number of hydrogen-bond donors (Lipinski definition) is 6. The van der Waals surface area contributed by atoms with E-state index >= 15 is 0 Å². The number of carboxylic acid groups (broad SMARTS) is 1. The summed E-state index contributed by atoms with van der Waals surface area (Å²) >= 11 is 0. The van der Waals surface area contributed by atoms with Crippen LogP contribution in [0.5, 0.6) is 5.75 Å². The van der Waals surface area contributed by atoms with Crippen molar-refractivity contribution in [3.8, 4) is 5.75 Å². The summed E-state index contributed by atoms with van der Waals surface area (Å²) in [5.74, 6) is -5.36. The van der Waals surface area contributed by atoms with Gasteiger partial charge in [0.2, 0.25) is 18.1 Å². The molecule has 0 saturated carbocycles. The molecule has 4 amide bonds. The number of unbranched alkanes of at least 4 members (excludes halogenated alkanes) is 1. The second-order valence-electron chi connectivity index (χ2n) is 14.5. The van der Waals surface area contributed by atoms with Gasteiger partial charge in [0.05, 0.1) is 37.0 Å². The van der Waals surface area contributed by atoms with E-state index in [-0.39, 0.29) is 31.9 Å². The second-order valence-corrected chi connectivity index (χ2v) is 16.1. The standard InChI is InChI=1S/C35H47N3O17S/c1-35(2,3)34(48)53-17-20-8-7-19(14-23(20)54-33-29(44)27(42)28(43)30(55-33)32(46)47)6-4-5-11-36-24(39)16-37-21(18-52-12-13-56(49,50)51)15-22(31(37)45)38-25(40)9-10-26(38)41/h7-10,14,21-22,27-30,33,42-44H,4-6,11-13,15-18H2,1-3H3,(H,36,39)(H,46,47)(H,49,50,51)/t21-,22-,27-,28-,29+,30?,33+/m0/s1. The fraction of sp³-hybridized carbons (Fsp3) is 0.600. The van der Waals surface area contributed by atoms with Gasteiger partial charge >= 0.3 is 11.9 Å². The van der Waals surface area contributed by atoms with Crippen LogP contribution in [0.1, 0.15) is 51.2 Å². The van der Waals surface area contributed by atoms with Gasteiger partial charge in [0.15, 0.2) is 6.10 Å². The minimum atomic E-state index is -4.31. The van der Waals surface area contributed by atoms with Crippen LogP contribution in [-0.4, -0.2) is 154 Å². The van der Waals surface area contributed by atoms with Crippen LogP contribution in [0, 0.1) is 5.41 Å². The SMILES string of the molecule is CC(C)(C)C(=O)OCc1ccc(CCCCNC(=O)CN2C(=O)[C@@H](N3C(=O)C=CC3=O)C[C@H]2COCCS(=O)(=O)O)cc1O[C@@H]1OC(C(=O)O)[C@@H](O)[C@H](O)[C@H]1O. The Kier molecular flexibility index (Phi) is 14.7. The number of imide groups is 1. The van der Waals surface area contributed by atoms with Gasteiger partial charge in [-0.25, -0.2) is 4.79 Å². The van der Waals surface area contributed by atoms with E-state index in [1.54, 1.807) is 39.0 Å². The number of aryl methyl sites for hydroxylation is 1. The van der Waals surface area contributed by atoms with Crippen LogP contribution >= 0.6 is 0 Å². The maximum Gasteiger partial charge on any atom is 0.335 e. The summed E-state index contributed by atoms with van der Waals surface area (Å²) < 4.78 is 52.9. The molecule has 1 unspecified atom stereocenters. The molecule has 3 heterocycles. The van der Waals surface area contributed by atoms with Crippen molar-refractivity contribution in [1.82, 2.24) is 15.1 Å². The number of amides is 4. The van der Waals surface area contributed by atoms with E-state index in [1.807, 2.05) is 0 Å². The Morgan fingerprint density at radius 3 is 2.30 bits per heavy atom. The Morgan fingerprint density at radius 2 is 1.68 bits per heavy atom. The summed E-state index contributed by atoms with van der Waals surface area (Å²) in [6.45, 7) is 3.84. The van der Waals surface area contributed by atoms with E-state index in [2.05, 4.69) is 5.32 Å². The molecule has 20 nitrogen and oxygen atoms in total. The zero-order chi connectivity index (χ0) is 41.5. The predicted molar refractivity (Wildman–Crippen MR) is 189 cm³/mol. The quantitative estimate of drug-likeness (QED) is 0.0416. The molecule has 0 radical (unpaired) electrons. The molecule has 0 bridgehead atoms. The molecule has 4 rings (SSSR count). The number of nitrogens with one attached hydrogen (secondary N) is 1. The first-order valence-corrected chi connectivity index (χ1v) is 19.3. The number of carbonyl (C=O) groups excluding carboxylic acids is 5. The lowest BCUT2D eigenvalue weighted by atomic mass is 9.97. The number of ether oxygens (including phenoxy) is 4. The lowest BCUT2D eigenvalue weighted by Crippen LogP contribution is -2.61. The highest BCUT2D eigenvalue weighted by Gasteiger charge is 2.49. The first kappa shape index (κ1) is 44.2. The van der Waals surface area contributed by atoms with Gasteiger partial charge in [-0.05, 0) is 51.7 Å². The van der Waals surface area contributed by atoms with E-state index in [9.17, 15) is 57.6 Å². The van der Waals surface area contributed by atoms with Gasteiger partial charge in [0.25, 0.3) is 21.9 Å². The molecule has 3 aliphatic rings. The molecule has 6 N–H and O–H groups in total. The van der Waals surface area contributed by atoms with E-state index < -0.39 is 113 Å². The first-order chi connectivity index (χ1) is 26.2. The Bertz CT molecular complexity index is 1780. The molecule has 7 atom stereocenters. The van der Waals surface area contributed by atoms with Crippen molar-refractivity contribution in [2.75, 3.05) is 32.1 Å². The van der Waals surface area contributed by atoms with Gasteiger partial charge in [0, 0.05) is 30.7 Å². The third kappa shape index (κ3) is 11.5. The highest BCUT2D eigenvalue weighted by Crippen LogP contribution is 2.30. The summed E-state index contributed by atoms with van der Waals surface area (Å²) in [6, 6.07) is 2.89. The summed E-state index contributed by atoms with van der Waals surface area (Å²) in [5.41, 5.74) is 0.192. The minimum Gasteiger partial charge on any atom is -0.479 e. The molecule has 310 valence electrons. The Hall–Kier alpha value is -4.51. The van der Waals surface area contributed by atoms with Crippen LogP contribution in [0.2, 0.25) is 0 Å². The third-order valence-electron chi connectivity index (χ3n) is 9.14. The fourth-order valence-electron chi connectivity index (χ4n) is 6.05. The van der Waals surface area contributed by atoms with Crippen molar-refractivity contribution in [2.24, 2.45) is 5.41 Å². The molecule has 56 heavy (non-hydrogen) atoms. The monoisotopic (exact) mass is 813 g/mol. The van der Waals surface area contributed by atoms with E-state index in [1.165, 1.54) is 0 Å². The molecule has 1 aromatic rings. The van der Waals surface area contributed by atoms with E-state index in [0.717, 1.165) is 22.0 Å². The molecule has 1 aromatic carbocycles. The average Bonchev–Trinajstić information content (AvgIpc) is 3.60. The Labute approximate surface area is 322 Å². The fourth-order valence-corrected chi connectivity index (χ4v) is 6.38. The third-order valence-corrected chi connectivity index (χ3v) is 9.82. The molecule has 3 aliphatic heterocycles. The van der Waals surface area contributed by atoms with Crippen LogP contribution in [0.15, 0.2) is 30.4 Å². The number of carbonyl (C=O) groups is 6. The first-order valence-electron chi connectivity index (χ1n) is 17.7. The van der Waals surface area contributed by atoms with Crippen molar-refractivity contribution < 1.29 is 81.1 Å². The van der Waals surface area contributed by atoms with Gasteiger partial charge in [0.1, 0.15) is 36.7 Å². The lowest BCUT2D eigenvalue weighted by molar-refractivity contribution is -0.271.